The monoisotopic (exact) mass is 419 g/mol. The lowest BCUT2D eigenvalue weighted by atomic mass is 9.77. The van der Waals surface area contributed by atoms with Gasteiger partial charge in [0.15, 0.2) is 0 Å². The van der Waals surface area contributed by atoms with Gasteiger partial charge in [-0.25, -0.2) is 0 Å². The van der Waals surface area contributed by atoms with Gasteiger partial charge in [0.1, 0.15) is 0 Å². The van der Waals surface area contributed by atoms with E-state index in [1.54, 1.807) is 0 Å². The van der Waals surface area contributed by atoms with E-state index in [9.17, 15) is 15.0 Å². The van der Waals surface area contributed by atoms with Gasteiger partial charge in [0.25, 0.3) is 0 Å². The first kappa shape index (κ1) is 23.5. The number of rotatable bonds is 10. The number of aliphatic hydroxyl groups excluding tert-OH is 2. The van der Waals surface area contributed by atoms with Crippen LogP contribution in [0.2, 0.25) is 0 Å². The molecule has 0 bridgehead atoms. The largest absolute Gasteiger partial charge is 0.469 e. The zero-order valence-electron chi connectivity index (χ0n) is 18.8. The van der Waals surface area contributed by atoms with Crippen LogP contribution in [0.15, 0.2) is 17.1 Å². The predicted octanol–water partition coefficient (Wildman–Crippen LogP) is 4.31. The van der Waals surface area contributed by atoms with Crippen molar-refractivity contribution in [1.82, 2.24) is 0 Å². The molecule has 0 aromatic rings. The molecule has 0 amide bonds. The molecule has 1 aliphatic heterocycles. The molecule has 30 heavy (non-hydrogen) atoms. The van der Waals surface area contributed by atoms with E-state index < -0.39 is 6.10 Å². The Kier molecular flexibility index (Phi) is 8.94. The second-order valence-electron chi connectivity index (χ2n) is 9.75. The normalized spacial score (nSPS) is 36.9. The van der Waals surface area contributed by atoms with Crippen LogP contribution >= 0.6 is 0 Å². The highest BCUT2D eigenvalue weighted by atomic mass is 16.5. The Morgan fingerprint density at radius 1 is 1.23 bits per heavy atom. The fraction of sp³-hybridized carbons (Fsp3) is 0.840. The summed E-state index contributed by atoms with van der Waals surface area (Å²) >= 11 is 0. The Labute approximate surface area is 182 Å². The fourth-order valence-electron chi connectivity index (χ4n) is 6.03. The minimum Gasteiger partial charge on any atom is -0.469 e. The summed E-state index contributed by atoms with van der Waals surface area (Å²) in [5.41, 5.74) is 0. The molecule has 170 valence electrons. The third-order valence-electron chi connectivity index (χ3n) is 7.78. The number of aliphatic hydroxyl groups is 2. The number of esters is 1. The number of nitrogens with zero attached hydrogens (tertiary/aromatic N) is 1. The smallest absolute Gasteiger partial charge is 0.305 e. The van der Waals surface area contributed by atoms with Gasteiger partial charge in [-0.05, 0) is 55.8 Å². The second-order valence-corrected chi connectivity index (χ2v) is 9.75. The maximum atomic E-state index is 11.3. The van der Waals surface area contributed by atoms with Crippen molar-refractivity contribution in [3.05, 3.63) is 12.2 Å². The van der Waals surface area contributed by atoms with Gasteiger partial charge in [0.2, 0.25) is 0 Å². The second kappa shape index (κ2) is 11.4. The number of carbonyl (C=O) groups is 1. The van der Waals surface area contributed by atoms with Crippen LogP contribution in [0.5, 0.6) is 0 Å². The molecule has 0 spiro atoms. The molecule has 1 heterocycles. The van der Waals surface area contributed by atoms with Gasteiger partial charge in [-0.1, -0.05) is 51.2 Å². The van der Waals surface area contributed by atoms with Gasteiger partial charge in [-0.15, -0.1) is 0 Å². The molecule has 2 aliphatic carbocycles. The van der Waals surface area contributed by atoms with Crippen molar-refractivity contribution in [2.75, 3.05) is 7.11 Å². The van der Waals surface area contributed by atoms with Gasteiger partial charge in [-0.3, -0.25) is 9.79 Å². The summed E-state index contributed by atoms with van der Waals surface area (Å²) in [6, 6.07) is 0.196. The van der Waals surface area contributed by atoms with Crippen molar-refractivity contribution in [1.29, 1.82) is 0 Å². The molecule has 0 aromatic heterocycles. The van der Waals surface area contributed by atoms with E-state index >= 15 is 0 Å². The van der Waals surface area contributed by atoms with Crippen molar-refractivity contribution >= 4 is 12.2 Å². The van der Waals surface area contributed by atoms with Crippen LogP contribution in [0.4, 0.5) is 0 Å². The van der Waals surface area contributed by atoms with Gasteiger partial charge in [0, 0.05) is 18.6 Å². The molecule has 0 saturated heterocycles. The molecule has 5 nitrogen and oxygen atoms in total. The van der Waals surface area contributed by atoms with E-state index in [-0.39, 0.29) is 24.0 Å². The quantitative estimate of drug-likeness (QED) is 0.314. The van der Waals surface area contributed by atoms with E-state index in [2.05, 4.69) is 24.2 Å². The third-order valence-corrected chi connectivity index (χ3v) is 7.78. The lowest BCUT2D eigenvalue weighted by Gasteiger charge is -2.30. The number of ether oxygens (including phenoxy) is 1. The molecule has 2 fully saturated rings. The molecule has 3 aliphatic rings. The third kappa shape index (κ3) is 5.94. The Balaban J connectivity index is 1.50. The van der Waals surface area contributed by atoms with E-state index in [1.807, 2.05) is 6.08 Å². The number of methoxy groups -OCH3 is 1. The average Bonchev–Trinajstić information content (AvgIpc) is 3.28. The number of fused-ring (bicyclic) bond motifs is 1. The van der Waals surface area contributed by atoms with Crippen molar-refractivity contribution in [2.45, 2.75) is 95.8 Å². The SMILES string of the molecule is CCCC1CCC([C@H](O)/C=C/[C@H]2C(O)C[C@@H]3N=CC(CCCCC(=O)OC)[C@@H]32)CC1. The average molecular weight is 420 g/mol. The van der Waals surface area contributed by atoms with E-state index in [0.29, 0.717) is 30.6 Å². The summed E-state index contributed by atoms with van der Waals surface area (Å²) in [6.45, 7) is 2.25. The van der Waals surface area contributed by atoms with Crippen LogP contribution in [0.25, 0.3) is 0 Å². The molecule has 2 unspecified atom stereocenters. The highest BCUT2D eigenvalue weighted by Crippen LogP contribution is 2.45. The minimum atomic E-state index is -0.403. The zero-order chi connectivity index (χ0) is 21.5. The minimum absolute atomic E-state index is 0.0641. The van der Waals surface area contributed by atoms with Crippen LogP contribution in [-0.2, 0) is 9.53 Å². The fourth-order valence-corrected chi connectivity index (χ4v) is 6.03. The van der Waals surface area contributed by atoms with E-state index in [0.717, 1.165) is 38.0 Å². The molecule has 6 atom stereocenters. The highest BCUT2D eigenvalue weighted by Gasteiger charge is 2.47. The predicted molar refractivity (Wildman–Crippen MR) is 119 cm³/mol. The maximum absolute atomic E-state index is 11.3. The summed E-state index contributed by atoms with van der Waals surface area (Å²) in [5.74, 6) is 1.79. The summed E-state index contributed by atoms with van der Waals surface area (Å²) in [7, 11) is 1.43. The highest BCUT2D eigenvalue weighted by molar-refractivity contribution is 5.69. The Bertz CT molecular complexity index is 596. The molecule has 2 saturated carbocycles. The summed E-state index contributed by atoms with van der Waals surface area (Å²) in [4.78, 5) is 16.0. The number of unbranched alkanes of at least 4 members (excludes halogenated alkanes) is 1. The summed E-state index contributed by atoms with van der Waals surface area (Å²) < 4.78 is 4.71. The van der Waals surface area contributed by atoms with Crippen LogP contribution < -0.4 is 0 Å². The topological polar surface area (TPSA) is 79.1 Å². The Morgan fingerprint density at radius 3 is 2.70 bits per heavy atom. The maximum Gasteiger partial charge on any atom is 0.305 e. The first-order valence-electron chi connectivity index (χ1n) is 12.2. The van der Waals surface area contributed by atoms with Gasteiger partial charge >= 0.3 is 5.97 Å². The summed E-state index contributed by atoms with van der Waals surface area (Å²) in [6.07, 6.45) is 16.6. The molecule has 3 rings (SSSR count). The van der Waals surface area contributed by atoms with E-state index in [1.165, 1.54) is 32.8 Å². The van der Waals surface area contributed by atoms with Crippen LogP contribution in [0, 0.1) is 29.6 Å². The standard InChI is InChI=1S/C25H41NO4/c1-3-6-17-9-11-18(12-10-17)22(27)14-13-20-23(28)15-21-25(20)19(16-26-21)7-4-5-8-24(29)30-2/h13-14,16-23,25,27-28H,3-12,15H2,1-2H3/b14-13+/t17?,18?,19?,20-,21-,22+,23?,25+/m0/s1. The van der Waals surface area contributed by atoms with Crippen molar-refractivity contribution in [2.24, 2.45) is 34.6 Å². The first-order chi connectivity index (χ1) is 14.5. The number of hydrogen-bond donors (Lipinski definition) is 2. The molecule has 2 N–H and O–H groups in total. The van der Waals surface area contributed by atoms with Crippen LogP contribution in [-0.4, -0.2) is 47.8 Å². The van der Waals surface area contributed by atoms with E-state index in [4.69, 9.17) is 4.74 Å². The van der Waals surface area contributed by atoms with Crippen molar-refractivity contribution in [3.8, 4) is 0 Å². The number of hydrogen-bond acceptors (Lipinski definition) is 5. The van der Waals surface area contributed by atoms with Gasteiger partial charge < -0.3 is 14.9 Å². The number of carbonyl (C=O) groups excluding carboxylic acids is 1. The van der Waals surface area contributed by atoms with Gasteiger partial charge in [0.05, 0.1) is 25.4 Å². The van der Waals surface area contributed by atoms with Crippen LogP contribution in [0.3, 0.4) is 0 Å². The number of aliphatic imine (C=N–C) groups is 1. The molecule has 0 radical (unpaired) electrons. The van der Waals surface area contributed by atoms with Crippen molar-refractivity contribution in [3.63, 3.8) is 0 Å². The summed E-state index contributed by atoms with van der Waals surface area (Å²) in [5, 5.41) is 21.4. The Morgan fingerprint density at radius 2 is 2.00 bits per heavy atom. The lowest BCUT2D eigenvalue weighted by Crippen LogP contribution is -2.27. The lowest BCUT2D eigenvalue weighted by molar-refractivity contribution is -0.140. The van der Waals surface area contributed by atoms with Crippen LogP contribution in [0.1, 0.15) is 77.6 Å². The molecule has 5 heteroatoms. The zero-order valence-corrected chi connectivity index (χ0v) is 18.8. The van der Waals surface area contributed by atoms with Crippen molar-refractivity contribution < 1.29 is 19.7 Å². The molecular weight excluding hydrogens is 378 g/mol. The first-order valence-corrected chi connectivity index (χ1v) is 12.2. The van der Waals surface area contributed by atoms with Gasteiger partial charge in [-0.2, -0.15) is 0 Å². The Hall–Kier alpha value is -1.20. The molecule has 0 aromatic carbocycles. The molecular formula is C25H41NO4.